The lowest BCUT2D eigenvalue weighted by Crippen LogP contribution is -2.58. The van der Waals surface area contributed by atoms with Gasteiger partial charge in [-0.2, -0.15) is 0 Å². The first-order chi connectivity index (χ1) is 9.44. The number of nitrogens with zero attached hydrogens (tertiary/aromatic N) is 3. The SMILES string of the molecule is CCNc1cccc(C(=O)N2CCN(C)C(C)(C)C2)n1. The van der Waals surface area contributed by atoms with Crippen molar-refractivity contribution in [1.29, 1.82) is 0 Å². The third-order valence-electron chi connectivity index (χ3n) is 3.93. The maximum atomic E-state index is 12.6. The highest BCUT2D eigenvalue weighted by molar-refractivity contribution is 5.92. The highest BCUT2D eigenvalue weighted by Gasteiger charge is 2.33. The maximum absolute atomic E-state index is 12.6. The Kier molecular flexibility index (Phi) is 4.28. The van der Waals surface area contributed by atoms with E-state index >= 15 is 0 Å². The maximum Gasteiger partial charge on any atom is 0.272 e. The zero-order chi connectivity index (χ0) is 14.8. The van der Waals surface area contributed by atoms with E-state index in [1.807, 2.05) is 24.0 Å². The van der Waals surface area contributed by atoms with Gasteiger partial charge in [0.05, 0.1) is 0 Å². The first kappa shape index (κ1) is 14.8. The molecule has 5 heteroatoms. The second-order valence-corrected chi connectivity index (χ2v) is 5.90. The molecule has 5 nitrogen and oxygen atoms in total. The van der Waals surface area contributed by atoms with E-state index in [1.165, 1.54) is 0 Å². The highest BCUT2D eigenvalue weighted by atomic mass is 16.2. The number of hydrogen-bond acceptors (Lipinski definition) is 4. The van der Waals surface area contributed by atoms with Gasteiger partial charge in [-0.1, -0.05) is 6.07 Å². The second-order valence-electron chi connectivity index (χ2n) is 5.90. The number of amides is 1. The molecule has 1 aromatic heterocycles. The number of piperazine rings is 1. The standard InChI is InChI=1S/C15H24N4O/c1-5-16-13-8-6-7-12(17-13)14(20)19-10-9-18(4)15(2,3)11-19/h6-8H,5,9-11H2,1-4H3,(H,16,17). The third-order valence-corrected chi connectivity index (χ3v) is 3.93. The van der Waals surface area contributed by atoms with Crippen molar-refractivity contribution < 1.29 is 4.79 Å². The number of carbonyl (C=O) groups excluding carboxylic acids is 1. The van der Waals surface area contributed by atoms with Crippen LogP contribution in [0.2, 0.25) is 0 Å². The lowest BCUT2D eigenvalue weighted by atomic mass is 9.99. The first-order valence-corrected chi connectivity index (χ1v) is 7.15. The number of nitrogens with one attached hydrogen (secondary N) is 1. The quantitative estimate of drug-likeness (QED) is 0.912. The molecule has 1 aliphatic rings. The molecule has 2 heterocycles. The summed E-state index contributed by atoms with van der Waals surface area (Å²) < 4.78 is 0. The van der Waals surface area contributed by atoms with Crippen molar-refractivity contribution in [2.75, 3.05) is 38.5 Å². The lowest BCUT2D eigenvalue weighted by Gasteiger charge is -2.45. The van der Waals surface area contributed by atoms with Crippen molar-refractivity contribution in [2.45, 2.75) is 26.3 Å². The van der Waals surface area contributed by atoms with Crippen LogP contribution in [0, 0.1) is 0 Å². The summed E-state index contributed by atoms with van der Waals surface area (Å²) in [5.74, 6) is 0.776. The van der Waals surface area contributed by atoms with Gasteiger partial charge in [0.15, 0.2) is 0 Å². The molecule has 1 aromatic rings. The summed E-state index contributed by atoms with van der Waals surface area (Å²) in [5, 5.41) is 3.14. The van der Waals surface area contributed by atoms with Gasteiger partial charge in [-0.3, -0.25) is 9.69 Å². The summed E-state index contributed by atoms with van der Waals surface area (Å²) in [4.78, 5) is 21.1. The minimum Gasteiger partial charge on any atom is -0.370 e. The van der Waals surface area contributed by atoms with Gasteiger partial charge in [0.2, 0.25) is 0 Å². The van der Waals surface area contributed by atoms with Crippen LogP contribution in [0.5, 0.6) is 0 Å². The lowest BCUT2D eigenvalue weighted by molar-refractivity contribution is 0.0307. The molecule has 1 aliphatic heterocycles. The number of anilines is 1. The number of likely N-dealkylation sites (N-methyl/N-ethyl adjacent to an activating group) is 1. The zero-order valence-electron chi connectivity index (χ0n) is 12.8. The van der Waals surface area contributed by atoms with Crippen LogP contribution in [0.4, 0.5) is 5.82 Å². The number of pyridine rings is 1. The van der Waals surface area contributed by atoms with Gasteiger partial charge in [-0.25, -0.2) is 4.98 Å². The van der Waals surface area contributed by atoms with Crippen LogP contribution in [0.3, 0.4) is 0 Å². The molecule has 0 bridgehead atoms. The van der Waals surface area contributed by atoms with Crippen molar-refractivity contribution in [3.8, 4) is 0 Å². The average Bonchev–Trinajstić information content (AvgIpc) is 2.42. The van der Waals surface area contributed by atoms with E-state index in [2.05, 4.69) is 36.1 Å². The van der Waals surface area contributed by atoms with Gasteiger partial charge in [0.1, 0.15) is 11.5 Å². The Labute approximate surface area is 121 Å². The molecule has 0 spiro atoms. The number of hydrogen-bond donors (Lipinski definition) is 1. The molecule has 20 heavy (non-hydrogen) atoms. The monoisotopic (exact) mass is 276 g/mol. The number of carbonyl (C=O) groups is 1. The van der Waals surface area contributed by atoms with Crippen LogP contribution in [-0.4, -0.2) is 59.5 Å². The molecule has 1 N–H and O–H groups in total. The Morgan fingerprint density at radius 2 is 2.15 bits per heavy atom. The molecule has 1 saturated heterocycles. The topological polar surface area (TPSA) is 48.5 Å². The van der Waals surface area contributed by atoms with Crippen LogP contribution < -0.4 is 5.32 Å². The van der Waals surface area contributed by atoms with Crippen LogP contribution in [0.15, 0.2) is 18.2 Å². The van der Waals surface area contributed by atoms with Crippen LogP contribution >= 0.6 is 0 Å². The van der Waals surface area contributed by atoms with E-state index < -0.39 is 0 Å². The van der Waals surface area contributed by atoms with Crippen molar-refractivity contribution in [1.82, 2.24) is 14.8 Å². The molecule has 110 valence electrons. The normalized spacial score (nSPS) is 18.9. The summed E-state index contributed by atoms with van der Waals surface area (Å²) in [7, 11) is 2.10. The predicted octanol–water partition coefficient (Wildman–Crippen LogP) is 1.68. The van der Waals surface area contributed by atoms with E-state index in [-0.39, 0.29) is 11.4 Å². The van der Waals surface area contributed by atoms with Crippen LogP contribution in [0.1, 0.15) is 31.3 Å². The van der Waals surface area contributed by atoms with E-state index in [0.717, 1.165) is 32.0 Å². The van der Waals surface area contributed by atoms with E-state index in [1.54, 1.807) is 6.07 Å². The molecular formula is C15H24N4O. The Bertz CT molecular complexity index is 487. The molecule has 2 rings (SSSR count). The van der Waals surface area contributed by atoms with E-state index in [9.17, 15) is 4.79 Å². The molecule has 0 aromatic carbocycles. The summed E-state index contributed by atoms with van der Waals surface area (Å²) in [6, 6.07) is 5.54. The van der Waals surface area contributed by atoms with Gasteiger partial charge >= 0.3 is 0 Å². The fourth-order valence-corrected chi connectivity index (χ4v) is 2.41. The van der Waals surface area contributed by atoms with Crippen molar-refractivity contribution >= 4 is 11.7 Å². The third kappa shape index (κ3) is 3.10. The van der Waals surface area contributed by atoms with Crippen molar-refractivity contribution in [3.05, 3.63) is 23.9 Å². The summed E-state index contributed by atoms with van der Waals surface area (Å²) in [6.45, 7) is 9.52. The second kappa shape index (κ2) is 5.79. The predicted molar refractivity (Wildman–Crippen MR) is 81.0 cm³/mol. The number of aromatic nitrogens is 1. The van der Waals surface area contributed by atoms with Crippen LogP contribution in [0.25, 0.3) is 0 Å². The zero-order valence-corrected chi connectivity index (χ0v) is 12.8. The highest BCUT2D eigenvalue weighted by Crippen LogP contribution is 2.20. The first-order valence-electron chi connectivity index (χ1n) is 7.15. The Balaban J connectivity index is 2.13. The molecule has 0 unspecified atom stereocenters. The smallest absolute Gasteiger partial charge is 0.272 e. The Hall–Kier alpha value is -1.62. The van der Waals surface area contributed by atoms with Gasteiger partial charge in [0.25, 0.3) is 5.91 Å². The Morgan fingerprint density at radius 1 is 1.40 bits per heavy atom. The van der Waals surface area contributed by atoms with E-state index in [0.29, 0.717) is 5.69 Å². The molecule has 0 radical (unpaired) electrons. The van der Waals surface area contributed by atoms with Crippen molar-refractivity contribution in [2.24, 2.45) is 0 Å². The van der Waals surface area contributed by atoms with Crippen molar-refractivity contribution in [3.63, 3.8) is 0 Å². The van der Waals surface area contributed by atoms with Gasteiger partial charge in [0, 0.05) is 31.7 Å². The van der Waals surface area contributed by atoms with Gasteiger partial charge in [-0.15, -0.1) is 0 Å². The molecule has 0 saturated carbocycles. The van der Waals surface area contributed by atoms with E-state index in [4.69, 9.17) is 0 Å². The molecule has 0 atom stereocenters. The summed E-state index contributed by atoms with van der Waals surface area (Å²) in [6.07, 6.45) is 0. The molecule has 0 aliphatic carbocycles. The average molecular weight is 276 g/mol. The summed E-state index contributed by atoms with van der Waals surface area (Å²) >= 11 is 0. The molecule has 1 fully saturated rings. The fraction of sp³-hybridized carbons (Fsp3) is 0.600. The van der Waals surface area contributed by atoms with Gasteiger partial charge < -0.3 is 10.2 Å². The fourth-order valence-electron chi connectivity index (χ4n) is 2.41. The molecular weight excluding hydrogens is 252 g/mol. The van der Waals surface area contributed by atoms with Crippen LogP contribution in [-0.2, 0) is 0 Å². The summed E-state index contributed by atoms with van der Waals surface area (Å²) in [5.41, 5.74) is 0.525. The minimum absolute atomic E-state index is 0.00713. The molecule has 1 amide bonds. The largest absolute Gasteiger partial charge is 0.370 e. The number of rotatable bonds is 3. The Morgan fingerprint density at radius 3 is 2.80 bits per heavy atom. The minimum atomic E-state index is 0.00713. The van der Waals surface area contributed by atoms with Gasteiger partial charge in [-0.05, 0) is 40.0 Å².